The fourth-order valence-electron chi connectivity index (χ4n) is 2.88. The Balaban J connectivity index is 1.74. The quantitative estimate of drug-likeness (QED) is 0.555. The first-order chi connectivity index (χ1) is 12.7. The molecule has 0 aliphatic rings. The van der Waals surface area contributed by atoms with Crippen LogP contribution in [0.1, 0.15) is 27.7 Å². The minimum atomic E-state index is -0.430. The number of para-hydroxylation sites is 1. The number of benzene rings is 2. The lowest BCUT2D eigenvalue weighted by atomic mass is 10.0. The fourth-order valence-corrected chi connectivity index (χ4v) is 3.08. The van der Waals surface area contributed by atoms with Crippen LogP contribution in [0, 0.1) is 0 Å². The van der Waals surface area contributed by atoms with Crippen molar-refractivity contribution in [3.8, 4) is 0 Å². The number of aromatic nitrogens is 1. The normalized spacial score (nSPS) is 12.0. The summed E-state index contributed by atoms with van der Waals surface area (Å²) in [7, 11) is 0. The largest absolute Gasteiger partial charge is 0.459 e. The van der Waals surface area contributed by atoms with Crippen molar-refractivity contribution in [2.24, 2.45) is 0 Å². The van der Waals surface area contributed by atoms with Gasteiger partial charge in [-0.1, -0.05) is 60.1 Å². The molecule has 0 saturated heterocycles. The molecule has 5 heteroatoms. The third-order valence-electron chi connectivity index (χ3n) is 4.15. The summed E-state index contributed by atoms with van der Waals surface area (Å²) < 4.78 is 5.99. The van der Waals surface area contributed by atoms with Crippen LogP contribution in [0.4, 0.5) is 0 Å². The van der Waals surface area contributed by atoms with Crippen molar-refractivity contribution < 1.29 is 9.21 Å². The van der Waals surface area contributed by atoms with E-state index in [1.807, 2.05) is 60.7 Å². The van der Waals surface area contributed by atoms with Gasteiger partial charge >= 0.3 is 0 Å². The number of nitrogens with one attached hydrogen (secondary N) is 1. The molecular formula is C21H15ClN2O2. The standard InChI is InChI=1S/C21H15ClN2O2/c22-17-13-23-11-10-16(17)21(25)24-20(14-6-2-1-3-7-14)19-12-15-8-4-5-9-18(15)26-19/h1-13,20H,(H,24,25)/t20-/m0/s1. The minimum Gasteiger partial charge on any atom is -0.459 e. The summed E-state index contributed by atoms with van der Waals surface area (Å²) in [6.45, 7) is 0. The highest BCUT2D eigenvalue weighted by molar-refractivity contribution is 6.33. The molecule has 2 aromatic carbocycles. The Morgan fingerprint density at radius 3 is 2.58 bits per heavy atom. The highest BCUT2D eigenvalue weighted by atomic mass is 35.5. The number of pyridine rings is 1. The maximum absolute atomic E-state index is 12.8. The summed E-state index contributed by atoms with van der Waals surface area (Å²) >= 11 is 6.11. The van der Waals surface area contributed by atoms with E-state index in [0.717, 1.165) is 16.5 Å². The van der Waals surface area contributed by atoms with Crippen LogP contribution < -0.4 is 5.32 Å². The molecule has 0 radical (unpaired) electrons. The molecule has 0 saturated carbocycles. The summed E-state index contributed by atoms with van der Waals surface area (Å²) in [5.74, 6) is 0.377. The molecule has 1 N–H and O–H groups in total. The molecule has 0 spiro atoms. The number of carbonyl (C=O) groups excluding carboxylic acids is 1. The van der Waals surface area contributed by atoms with Gasteiger partial charge in [-0.05, 0) is 23.8 Å². The first kappa shape index (κ1) is 16.4. The predicted octanol–water partition coefficient (Wildman–Crippen LogP) is 5.00. The van der Waals surface area contributed by atoms with E-state index in [4.69, 9.17) is 16.0 Å². The van der Waals surface area contributed by atoms with Crippen LogP contribution in [-0.2, 0) is 0 Å². The zero-order valence-electron chi connectivity index (χ0n) is 13.7. The van der Waals surface area contributed by atoms with Gasteiger partial charge in [-0.2, -0.15) is 0 Å². The molecule has 2 heterocycles. The van der Waals surface area contributed by atoms with Gasteiger partial charge in [-0.3, -0.25) is 9.78 Å². The summed E-state index contributed by atoms with van der Waals surface area (Å²) in [5, 5.41) is 4.32. The second-order valence-electron chi connectivity index (χ2n) is 5.86. The number of hydrogen-bond donors (Lipinski definition) is 1. The lowest BCUT2D eigenvalue weighted by Crippen LogP contribution is -2.29. The minimum absolute atomic E-state index is 0.285. The maximum Gasteiger partial charge on any atom is 0.253 e. The number of hydrogen-bond acceptors (Lipinski definition) is 3. The Bertz CT molecular complexity index is 1030. The summed E-state index contributed by atoms with van der Waals surface area (Å²) in [4.78, 5) is 16.7. The highest BCUT2D eigenvalue weighted by Crippen LogP contribution is 2.29. The van der Waals surface area contributed by atoms with Crippen LogP contribution in [0.25, 0.3) is 11.0 Å². The van der Waals surface area contributed by atoms with Crippen molar-refractivity contribution in [2.45, 2.75) is 6.04 Å². The third kappa shape index (κ3) is 3.19. The Morgan fingerprint density at radius 2 is 1.81 bits per heavy atom. The van der Waals surface area contributed by atoms with Gasteiger partial charge in [0.05, 0.1) is 10.6 Å². The maximum atomic E-state index is 12.8. The van der Waals surface area contributed by atoms with Crippen LogP contribution in [-0.4, -0.2) is 10.9 Å². The zero-order chi connectivity index (χ0) is 17.9. The molecule has 26 heavy (non-hydrogen) atoms. The smallest absolute Gasteiger partial charge is 0.253 e. The number of fused-ring (bicyclic) bond motifs is 1. The summed E-state index contributed by atoms with van der Waals surface area (Å²) in [6.07, 6.45) is 2.99. The first-order valence-electron chi connectivity index (χ1n) is 8.16. The van der Waals surface area contributed by atoms with Crippen LogP contribution in [0.3, 0.4) is 0 Å². The van der Waals surface area contributed by atoms with Gasteiger partial charge in [0.2, 0.25) is 0 Å². The zero-order valence-corrected chi connectivity index (χ0v) is 14.5. The number of rotatable bonds is 4. The molecule has 0 aliphatic heterocycles. The Morgan fingerprint density at radius 1 is 1.04 bits per heavy atom. The van der Waals surface area contributed by atoms with Gasteiger partial charge in [-0.25, -0.2) is 0 Å². The van der Waals surface area contributed by atoms with Gasteiger partial charge < -0.3 is 9.73 Å². The van der Waals surface area contributed by atoms with E-state index in [1.165, 1.54) is 6.20 Å². The van der Waals surface area contributed by atoms with E-state index in [-0.39, 0.29) is 5.91 Å². The lowest BCUT2D eigenvalue weighted by molar-refractivity contribution is 0.0939. The van der Waals surface area contributed by atoms with E-state index >= 15 is 0 Å². The Labute approximate surface area is 155 Å². The van der Waals surface area contributed by atoms with Crippen molar-refractivity contribution in [3.63, 3.8) is 0 Å². The molecule has 128 valence electrons. The summed E-state index contributed by atoms with van der Waals surface area (Å²) in [6, 6.07) is 20.6. The molecule has 0 bridgehead atoms. The van der Waals surface area contributed by atoms with E-state index in [9.17, 15) is 4.79 Å². The predicted molar refractivity (Wildman–Crippen MR) is 101 cm³/mol. The molecule has 2 aromatic heterocycles. The second kappa shape index (κ2) is 7.02. The molecule has 1 atom stereocenters. The molecular weight excluding hydrogens is 348 g/mol. The second-order valence-corrected chi connectivity index (χ2v) is 6.27. The van der Waals surface area contributed by atoms with Crippen molar-refractivity contribution in [1.29, 1.82) is 0 Å². The lowest BCUT2D eigenvalue weighted by Gasteiger charge is -2.17. The molecule has 0 unspecified atom stereocenters. The van der Waals surface area contributed by atoms with Crippen LogP contribution in [0.15, 0.2) is 83.5 Å². The first-order valence-corrected chi connectivity index (χ1v) is 8.54. The van der Waals surface area contributed by atoms with E-state index < -0.39 is 6.04 Å². The van der Waals surface area contributed by atoms with Crippen molar-refractivity contribution in [3.05, 3.63) is 101 Å². The molecule has 4 rings (SSSR count). The van der Waals surface area contributed by atoms with Crippen LogP contribution >= 0.6 is 11.6 Å². The van der Waals surface area contributed by atoms with Crippen LogP contribution in [0.5, 0.6) is 0 Å². The monoisotopic (exact) mass is 362 g/mol. The Hall–Kier alpha value is -3.11. The molecule has 4 aromatic rings. The topological polar surface area (TPSA) is 55.1 Å². The Kier molecular flexibility index (Phi) is 4.42. The van der Waals surface area contributed by atoms with Crippen molar-refractivity contribution >= 4 is 28.5 Å². The van der Waals surface area contributed by atoms with Gasteiger partial charge in [0.15, 0.2) is 0 Å². The van der Waals surface area contributed by atoms with E-state index in [1.54, 1.807) is 12.3 Å². The van der Waals surface area contributed by atoms with Crippen molar-refractivity contribution in [2.75, 3.05) is 0 Å². The number of halogens is 1. The van der Waals surface area contributed by atoms with Crippen molar-refractivity contribution in [1.82, 2.24) is 10.3 Å². The van der Waals surface area contributed by atoms with Gasteiger partial charge in [0.25, 0.3) is 5.91 Å². The average molecular weight is 363 g/mol. The van der Waals surface area contributed by atoms with Gasteiger partial charge in [0, 0.05) is 17.8 Å². The fraction of sp³-hybridized carbons (Fsp3) is 0.0476. The van der Waals surface area contributed by atoms with Gasteiger partial charge in [0.1, 0.15) is 17.4 Å². The van der Waals surface area contributed by atoms with E-state index in [0.29, 0.717) is 16.3 Å². The number of furan rings is 1. The molecule has 0 aliphatic carbocycles. The van der Waals surface area contributed by atoms with Gasteiger partial charge in [-0.15, -0.1) is 0 Å². The molecule has 0 fully saturated rings. The number of amides is 1. The summed E-state index contributed by atoms with van der Waals surface area (Å²) in [5.41, 5.74) is 2.07. The average Bonchev–Trinajstić information content (AvgIpc) is 3.11. The SMILES string of the molecule is O=C(N[C@@H](c1ccccc1)c1cc2ccccc2o1)c1ccncc1Cl. The highest BCUT2D eigenvalue weighted by Gasteiger charge is 2.22. The molecule has 4 nitrogen and oxygen atoms in total. The van der Waals surface area contributed by atoms with E-state index in [2.05, 4.69) is 10.3 Å². The molecule has 1 amide bonds. The number of carbonyl (C=O) groups is 1. The van der Waals surface area contributed by atoms with Crippen LogP contribution in [0.2, 0.25) is 5.02 Å². The third-order valence-corrected chi connectivity index (χ3v) is 4.46. The number of nitrogens with zero attached hydrogens (tertiary/aromatic N) is 1.